The molecule has 6 aromatic rings. The van der Waals surface area contributed by atoms with Crippen molar-refractivity contribution in [3.05, 3.63) is 160 Å². The minimum Gasteiger partial charge on any atom is -0.310 e. The van der Waals surface area contributed by atoms with Gasteiger partial charge >= 0.3 is 0 Å². The van der Waals surface area contributed by atoms with Crippen molar-refractivity contribution in [2.45, 2.75) is 175 Å². The zero-order valence-electron chi connectivity index (χ0n) is 42.0. The summed E-state index contributed by atoms with van der Waals surface area (Å²) in [6, 6.07) is 48.3. The summed E-state index contributed by atoms with van der Waals surface area (Å²) >= 11 is 0. The maximum absolute atomic E-state index is 2.56. The molecular weight excluding hydrogens is 771 g/mol. The van der Waals surface area contributed by atoms with Crippen molar-refractivity contribution in [2.24, 2.45) is 0 Å². The highest BCUT2D eigenvalue weighted by atomic mass is 15.1. The van der Waals surface area contributed by atoms with E-state index in [2.05, 4.69) is 223 Å². The van der Waals surface area contributed by atoms with Crippen LogP contribution < -0.4 is 4.90 Å². The third kappa shape index (κ3) is 9.03. The molecule has 1 heteroatoms. The summed E-state index contributed by atoms with van der Waals surface area (Å²) in [6.07, 6.45) is 8.92. The van der Waals surface area contributed by atoms with E-state index in [4.69, 9.17) is 0 Å². The molecule has 0 atom stereocenters. The van der Waals surface area contributed by atoms with Crippen LogP contribution >= 0.6 is 0 Å². The third-order valence-corrected chi connectivity index (χ3v) is 15.0. The quantitative estimate of drug-likeness (QED) is 0.140. The van der Waals surface area contributed by atoms with Gasteiger partial charge in [0.2, 0.25) is 0 Å². The first-order chi connectivity index (χ1) is 30.0. The summed E-state index contributed by atoms with van der Waals surface area (Å²) in [7, 11) is 0. The normalized spacial score (nSPS) is 15.5. The monoisotopic (exact) mass is 848 g/mol. The highest BCUT2D eigenvalue weighted by molar-refractivity contribution is 5.88. The van der Waals surface area contributed by atoms with E-state index in [0.29, 0.717) is 5.92 Å². The summed E-state index contributed by atoms with van der Waals surface area (Å²) in [5.41, 5.74) is 21.1. The zero-order chi connectivity index (χ0) is 46.0. The van der Waals surface area contributed by atoms with E-state index in [9.17, 15) is 0 Å². The number of nitrogens with zero attached hydrogens (tertiary/aromatic N) is 1. The average molecular weight is 848 g/mol. The number of rotatable bonds is 9. The van der Waals surface area contributed by atoms with Crippen molar-refractivity contribution in [2.75, 3.05) is 4.90 Å². The molecule has 334 valence electrons. The Morgan fingerprint density at radius 2 is 0.953 bits per heavy atom. The molecule has 0 amide bonds. The molecule has 0 bridgehead atoms. The molecule has 2 aliphatic rings. The fourth-order valence-electron chi connectivity index (χ4n) is 10.7. The van der Waals surface area contributed by atoms with Crippen LogP contribution in [0.1, 0.15) is 187 Å². The Kier molecular flexibility index (Phi) is 12.0. The maximum Gasteiger partial charge on any atom is 0.0473 e. The Morgan fingerprint density at radius 1 is 0.469 bits per heavy atom. The van der Waals surface area contributed by atoms with E-state index >= 15 is 0 Å². The first-order valence-corrected chi connectivity index (χ1v) is 24.7. The van der Waals surface area contributed by atoms with Crippen LogP contribution in [0.5, 0.6) is 0 Å². The second kappa shape index (κ2) is 16.8. The number of fused-ring (bicyclic) bond motifs is 3. The van der Waals surface area contributed by atoms with Crippen LogP contribution in [0.2, 0.25) is 0 Å². The topological polar surface area (TPSA) is 3.24 Å². The van der Waals surface area contributed by atoms with Gasteiger partial charge in [-0.25, -0.2) is 0 Å². The number of anilines is 3. The first-order valence-electron chi connectivity index (χ1n) is 24.7. The van der Waals surface area contributed by atoms with Gasteiger partial charge in [-0.3, -0.25) is 0 Å². The van der Waals surface area contributed by atoms with Crippen LogP contribution in [0.3, 0.4) is 0 Å². The Labute approximate surface area is 388 Å². The molecule has 1 nitrogen and oxygen atoms in total. The highest BCUT2D eigenvalue weighted by Crippen LogP contribution is 2.51. The number of hydrogen-bond acceptors (Lipinski definition) is 1. The van der Waals surface area contributed by atoms with Gasteiger partial charge in [0.25, 0.3) is 0 Å². The molecular formula is C63H77N. The summed E-state index contributed by atoms with van der Waals surface area (Å²) in [6.45, 7) is 33.2. The van der Waals surface area contributed by atoms with E-state index < -0.39 is 0 Å². The fraction of sp³-hybridized carbons (Fsp3) is 0.429. The Balaban J connectivity index is 1.42. The smallest absolute Gasteiger partial charge is 0.0473 e. The van der Waals surface area contributed by atoms with Crippen molar-refractivity contribution in [1.82, 2.24) is 0 Å². The molecule has 0 N–H and O–H groups in total. The van der Waals surface area contributed by atoms with E-state index in [-0.39, 0.29) is 27.1 Å². The van der Waals surface area contributed by atoms with Crippen LogP contribution in [0.25, 0.3) is 33.4 Å². The standard InChI is InChI=1S/C63H77N/c1-15-31-62(11,12)51-36-47(35-50(40-51)61(8,9)10)45-32-44(46-33-48(59(2,3)4)39-49(34-46)60(5,6)7)37-54(38-45)64(52-27-25-43(26-28-52)42-21-17-16-18-22-42)53-29-30-56-55-23-19-20-24-57(55)63(13,14)58(56)41-53/h19-20,23-30,32-42H,15-18,21-22,31H2,1-14H3. The maximum atomic E-state index is 2.56. The van der Waals surface area contributed by atoms with E-state index in [1.165, 1.54) is 121 Å². The van der Waals surface area contributed by atoms with Crippen molar-refractivity contribution in [3.63, 3.8) is 0 Å². The lowest BCUT2D eigenvalue weighted by atomic mass is 9.76. The lowest BCUT2D eigenvalue weighted by molar-refractivity contribution is 0.443. The molecule has 0 aromatic heterocycles. The van der Waals surface area contributed by atoms with E-state index in [0.717, 1.165) is 12.8 Å². The molecule has 64 heavy (non-hydrogen) atoms. The summed E-state index contributed by atoms with van der Waals surface area (Å²) in [5.74, 6) is 0.652. The predicted molar refractivity (Wildman–Crippen MR) is 279 cm³/mol. The molecule has 0 aliphatic heterocycles. The lowest BCUT2D eigenvalue weighted by Crippen LogP contribution is -2.19. The zero-order valence-corrected chi connectivity index (χ0v) is 42.0. The molecule has 0 saturated heterocycles. The van der Waals surface area contributed by atoms with Gasteiger partial charge in [0.05, 0.1) is 0 Å². The summed E-state index contributed by atoms with van der Waals surface area (Å²) in [4.78, 5) is 2.56. The van der Waals surface area contributed by atoms with Crippen LogP contribution in [0, 0.1) is 0 Å². The summed E-state index contributed by atoms with van der Waals surface area (Å²) < 4.78 is 0. The lowest BCUT2D eigenvalue weighted by Gasteiger charge is -2.31. The third-order valence-electron chi connectivity index (χ3n) is 15.0. The molecule has 0 unspecified atom stereocenters. The molecule has 2 aliphatic carbocycles. The van der Waals surface area contributed by atoms with Crippen LogP contribution in [0.15, 0.2) is 121 Å². The SMILES string of the molecule is CCCC(C)(C)c1cc(-c2cc(-c3cc(C(C)(C)C)cc(C(C)(C)C)c3)cc(N(c3ccc(C4CCCCC4)cc3)c3ccc4c(c3)C(C)(C)c3ccccc3-4)c2)cc(C(C)(C)C)c1. The fourth-order valence-corrected chi connectivity index (χ4v) is 10.7. The molecule has 8 rings (SSSR count). The van der Waals surface area contributed by atoms with Gasteiger partial charge in [-0.05, 0) is 162 Å². The van der Waals surface area contributed by atoms with Crippen molar-refractivity contribution >= 4 is 17.1 Å². The van der Waals surface area contributed by atoms with Gasteiger partial charge in [0.15, 0.2) is 0 Å². The second-order valence-electron chi connectivity index (χ2n) is 23.9. The average Bonchev–Trinajstić information content (AvgIpc) is 3.48. The van der Waals surface area contributed by atoms with Gasteiger partial charge in [0, 0.05) is 22.5 Å². The number of hydrogen-bond donors (Lipinski definition) is 0. The Bertz CT molecular complexity index is 2610. The van der Waals surface area contributed by atoms with E-state index in [1.807, 2.05) is 0 Å². The molecule has 1 saturated carbocycles. The van der Waals surface area contributed by atoms with Crippen LogP contribution in [-0.2, 0) is 27.1 Å². The van der Waals surface area contributed by atoms with Gasteiger partial charge < -0.3 is 4.90 Å². The predicted octanol–water partition coefficient (Wildman–Crippen LogP) is 18.8. The molecule has 6 aromatic carbocycles. The highest BCUT2D eigenvalue weighted by Gasteiger charge is 2.36. The first kappa shape index (κ1) is 45.7. The molecule has 0 spiro atoms. The summed E-state index contributed by atoms with van der Waals surface area (Å²) in [5, 5.41) is 0. The van der Waals surface area contributed by atoms with Crippen molar-refractivity contribution in [1.29, 1.82) is 0 Å². The minimum atomic E-state index is -0.114. The Morgan fingerprint density at radius 3 is 1.50 bits per heavy atom. The van der Waals surface area contributed by atoms with Crippen LogP contribution in [-0.4, -0.2) is 0 Å². The van der Waals surface area contributed by atoms with Crippen molar-refractivity contribution < 1.29 is 0 Å². The molecule has 1 fully saturated rings. The molecule has 0 radical (unpaired) electrons. The second-order valence-corrected chi connectivity index (χ2v) is 23.9. The molecule has 0 heterocycles. The number of benzene rings is 6. The van der Waals surface area contributed by atoms with E-state index in [1.54, 1.807) is 0 Å². The van der Waals surface area contributed by atoms with Gasteiger partial charge in [0.1, 0.15) is 0 Å². The van der Waals surface area contributed by atoms with Crippen LogP contribution in [0.4, 0.5) is 17.1 Å². The van der Waals surface area contributed by atoms with Gasteiger partial charge in [-0.1, -0.05) is 201 Å². The largest absolute Gasteiger partial charge is 0.310 e. The van der Waals surface area contributed by atoms with Crippen molar-refractivity contribution in [3.8, 4) is 33.4 Å². The van der Waals surface area contributed by atoms with Gasteiger partial charge in [-0.2, -0.15) is 0 Å². The van der Waals surface area contributed by atoms with Gasteiger partial charge in [-0.15, -0.1) is 0 Å². The minimum absolute atomic E-state index is 0.00182. The Hall–Kier alpha value is -4.88.